The van der Waals surface area contributed by atoms with Crippen LogP contribution in [-0.2, 0) is 16.5 Å². The predicted octanol–water partition coefficient (Wildman–Crippen LogP) is 4.87. The minimum absolute atomic E-state index is 0.0973. The van der Waals surface area contributed by atoms with Crippen LogP contribution in [0.5, 0.6) is 5.75 Å². The van der Waals surface area contributed by atoms with E-state index in [0.29, 0.717) is 23.6 Å². The fourth-order valence-corrected chi connectivity index (χ4v) is 5.02. The highest BCUT2D eigenvalue weighted by Crippen LogP contribution is 2.36. The van der Waals surface area contributed by atoms with E-state index in [1.165, 1.54) is 4.90 Å². The van der Waals surface area contributed by atoms with Gasteiger partial charge >= 0.3 is 6.09 Å². The van der Waals surface area contributed by atoms with E-state index in [-0.39, 0.29) is 13.3 Å². The number of halogens is 1. The van der Waals surface area contributed by atoms with Gasteiger partial charge in [0.2, 0.25) is 0 Å². The lowest BCUT2D eigenvalue weighted by Crippen LogP contribution is -2.45. The summed E-state index contributed by atoms with van der Waals surface area (Å²) in [6.45, 7) is 7.92. The summed E-state index contributed by atoms with van der Waals surface area (Å²) in [6.07, 6.45) is -0.0626. The van der Waals surface area contributed by atoms with Crippen LogP contribution in [-0.4, -0.2) is 82.6 Å². The number of aromatic nitrogens is 4. The number of alkyl halides is 1. The second-order valence-electron chi connectivity index (χ2n) is 11.1. The van der Waals surface area contributed by atoms with E-state index in [9.17, 15) is 4.79 Å². The molecule has 3 aromatic heterocycles. The lowest BCUT2D eigenvalue weighted by atomic mass is 10.1. The molecule has 4 heterocycles. The lowest BCUT2D eigenvalue weighted by molar-refractivity contribution is 0.0183. The third kappa shape index (κ3) is 5.38. The minimum atomic E-state index is -1.22. The number of carbonyl (C=O) groups is 1. The molecule has 2 atom stereocenters. The largest absolute Gasteiger partial charge is 0.467 e. The zero-order chi connectivity index (χ0) is 28.8. The molecule has 212 valence electrons. The number of hydrogen-bond donors (Lipinski definition) is 0. The van der Waals surface area contributed by atoms with Gasteiger partial charge in [-0.2, -0.15) is 5.10 Å². The van der Waals surface area contributed by atoms with Crippen LogP contribution in [0.25, 0.3) is 33.2 Å². The van der Waals surface area contributed by atoms with Crippen molar-refractivity contribution in [1.82, 2.24) is 24.6 Å². The molecule has 11 heteroatoms. The molecule has 40 heavy (non-hydrogen) atoms. The quantitative estimate of drug-likeness (QED) is 0.314. The molecule has 0 unspecified atom stereocenters. The van der Waals surface area contributed by atoms with Crippen LogP contribution in [0, 0.1) is 6.92 Å². The number of fused-ring (bicyclic) bond motifs is 2. The Hall–Kier alpha value is -3.99. The van der Waals surface area contributed by atoms with Gasteiger partial charge in [-0.15, -0.1) is 0 Å². The third-order valence-corrected chi connectivity index (χ3v) is 7.04. The van der Waals surface area contributed by atoms with Crippen molar-refractivity contribution in [3.63, 3.8) is 0 Å². The van der Waals surface area contributed by atoms with Crippen LogP contribution in [0.3, 0.4) is 0 Å². The Kier molecular flexibility index (Phi) is 7.26. The smallest absolute Gasteiger partial charge is 0.410 e. The summed E-state index contributed by atoms with van der Waals surface area (Å²) >= 11 is 0. The molecule has 0 saturated carbocycles. The molecule has 0 aliphatic carbocycles. The third-order valence-electron chi connectivity index (χ3n) is 7.04. The molecule has 5 rings (SSSR count). The number of methoxy groups -OCH3 is 1. The van der Waals surface area contributed by atoms with Crippen molar-refractivity contribution < 1.29 is 23.4 Å². The van der Waals surface area contributed by atoms with Gasteiger partial charge in [0.25, 0.3) is 0 Å². The van der Waals surface area contributed by atoms with E-state index < -0.39 is 23.9 Å². The Morgan fingerprint density at radius 2 is 1.98 bits per heavy atom. The second-order valence-corrected chi connectivity index (χ2v) is 11.1. The molecule has 1 amide bonds. The van der Waals surface area contributed by atoms with Gasteiger partial charge < -0.3 is 24.0 Å². The van der Waals surface area contributed by atoms with Gasteiger partial charge in [-0.3, -0.25) is 4.68 Å². The molecule has 0 N–H and O–H groups in total. The average molecular weight is 551 g/mol. The first-order valence-corrected chi connectivity index (χ1v) is 13.2. The van der Waals surface area contributed by atoms with Crippen molar-refractivity contribution in [3.8, 4) is 17.0 Å². The molecule has 1 saturated heterocycles. The minimum Gasteiger partial charge on any atom is -0.467 e. The summed E-state index contributed by atoms with van der Waals surface area (Å²) in [5, 5.41) is 6.35. The van der Waals surface area contributed by atoms with Crippen LogP contribution in [0.2, 0.25) is 0 Å². The maximum absolute atomic E-state index is 15.0. The Morgan fingerprint density at radius 3 is 2.70 bits per heavy atom. The fourth-order valence-electron chi connectivity index (χ4n) is 5.02. The Balaban J connectivity index is 1.42. The first kappa shape index (κ1) is 27.6. The molecular weight excluding hydrogens is 515 g/mol. The van der Waals surface area contributed by atoms with Crippen molar-refractivity contribution in [2.75, 3.05) is 38.9 Å². The van der Waals surface area contributed by atoms with Gasteiger partial charge in [0.15, 0.2) is 12.4 Å². The van der Waals surface area contributed by atoms with Crippen molar-refractivity contribution in [3.05, 3.63) is 42.2 Å². The second kappa shape index (κ2) is 10.5. The lowest BCUT2D eigenvalue weighted by Gasteiger charge is -2.29. The number of aryl methyl sites for hydroxylation is 2. The van der Waals surface area contributed by atoms with Crippen molar-refractivity contribution in [2.24, 2.45) is 7.05 Å². The summed E-state index contributed by atoms with van der Waals surface area (Å²) in [5.41, 5.74) is 4.04. The molecule has 1 fully saturated rings. The number of anilines is 1. The number of carbonyl (C=O) groups excluding carboxylic acids is 1. The van der Waals surface area contributed by atoms with Gasteiger partial charge in [0.1, 0.15) is 17.5 Å². The van der Waals surface area contributed by atoms with Crippen molar-refractivity contribution >= 4 is 33.7 Å². The SMILES string of the molecule is COCOc1cc2c(cc1-c1ccc3cc(N4C[C@@H](F)[C@H](N(C)C(=O)OC(C)(C)C)C4)cnc3n1)c(C)nn2C. The summed E-state index contributed by atoms with van der Waals surface area (Å²) < 4.78 is 33.3. The van der Waals surface area contributed by atoms with E-state index in [2.05, 4.69) is 10.1 Å². The molecule has 1 aliphatic rings. The summed E-state index contributed by atoms with van der Waals surface area (Å²) in [6, 6.07) is 9.15. The molecular formula is C29H35FN6O4. The number of rotatable bonds is 6. The monoisotopic (exact) mass is 550 g/mol. The van der Waals surface area contributed by atoms with E-state index in [1.54, 1.807) is 41.1 Å². The highest BCUT2D eigenvalue weighted by atomic mass is 19.1. The highest BCUT2D eigenvalue weighted by molar-refractivity contribution is 5.91. The Labute approximate surface area is 232 Å². The van der Waals surface area contributed by atoms with E-state index >= 15 is 4.39 Å². The molecule has 1 aromatic carbocycles. The zero-order valence-corrected chi connectivity index (χ0v) is 23.9. The van der Waals surface area contributed by atoms with E-state index in [4.69, 9.17) is 19.2 Å². The number of pyridine rings is 2. The number of ether oxygens (including phenoxy) is 3. The highest BCUT2D eigenvalue weighted by Gasteiger charge is 2.39. The average Bonchev–Trinajstić information content (AvgIpc) is 3.43. The van der Waals surface area contributed by atoms with Crippen LogP contribution in [0.1, 0.15) is 26.5 Å². The number of benzene rings is 1. The number of amides is 1. The molecule has 0 spiro atoms. The van der Waals surface area contributed by atoms with E-state index in [0.717, 1.165) is 33.2 Å². The van der Waals surface area contributed by atoms with Crippen LogP contribution >= 0.6 is 0 Å². The van der Waals surface area contributed by atoms with Gasteiger partial charge in [-0.25, -0.2) is 19.2 Å². The van der Waals surface area contributed by atoms with Gasteiger partial charge in [-0.1, -0.05) is 0 Å². The first-order valence-electron chi connectivity index (χ1n) is 13.2. The zero-order valence-electron chi connectivity index (χ0n) is 23.9. The number of hydrogen-bond acceptors (Lipinski definition) is 8. The molecule has 4 aromatic rings. The molecule has 1 aliphatic heterocycles. The van der Waals surface area contributed by atoms with Gasteiger partial charge in [0.05, 0.1) is 41.4 Å². The maximum Gasteiger partial charge on any atom is 0.410 e. The molecule has 0 radical (unpaired) electrons. The summed E-state index contributed by atoms with van der Waals surface area (Å²) in [7, 11) is 5.05. The number of nitrogens with zero attached hydrogens (tertiary/aromatic N) is 6. The van der Waals surface area contributed by atoms with Crippen LogP contribution in [0.15, 0.2) is 36.5 Å². The molecule has 0 bridgehead atoms. The van der Waals surface area contributed by atoms with Crippen LogP contribution in [0.4, 0.5) is 14.9 Å². The summed E-state index contributed by atoms with van der Waals surface area (Å²) in [4.78, 5) is 25.2. The van der Waals surface area contributed by atoms with Crippen molar-refractivity contribution in [1.29, 1.82) is 0 Å². The normalized spacial score (nSPS) is 17.6. The molecule has 10 nitrogen and oxygen atoms in total. The van der Waals surface area contributed by atoms with Gasteiger partial charge in [0, 0.05) is 50.2 Å². The van der Waals surface area contributed by atoms with E-state index in [1.807, 2.05) is 53.9 Å². The maximum atomic E-state index is 15.0. The number of likely N-dealkylation sites (N-methyl/N-ethyl adjacent to an activating group) is 1. The predicted molar refractivity (Wildman–Crippen MR) is 151 cm³/mol. The standard InChI is InChI=1S/C29H35FN6O4/c1-17-20-11-21(26(39-16-38-7)12-24(20)35(6)33-17)23-9-8-18-10-19(13-31-27(18)32-23)36-14-22(30)25(15-36)34(5)28(37)40-29(2,3)4/h8-13,22,25H,14-16H2,1-7H3/t22-,25-/m1/s1. The Morgan fingerprint density at radius 1 is 1.20 bits per heavy atom. The summed E-state index contributed by atoms with van der Waals surface area (Å²) in [5.74, 6) is 0.632. The van der Waals surface area contributed by atoms with Gasteiger partial charge in [-0.05, 0) is 52.0 Å². The fraction of sp³-hybridized carbons (Fsp3) is 0.448. The Bertz CT molecular complexity index is 1570. The van der Waals surface area contributed by atoms with Crippen LogP contribution < -0.4 is 9.64 Å². The van der Waals surface area contributed by atoms with Crippen molar-refractivity contribution in [2.45, 2.75) is 45.5 Å². The first-order chi connectivity index (χ1) is 18.9. The topological polar surface area (TPSA) is 94.8 Å².